The number of nitrogens with zero attached hydrogens (tertiary/aromatic N) is 3. The number of tetrazole rings is 1. The summed E-state index contributed by atoms with van der Waals surface area (Å²) in [5.74, 6) is 1.44. The molecule has 0 spiro atoms. The van der Waals surface area contributed by atoms with Crippen molar-refractivity contribution in [2.45, 2.75) is 32.1 Å². The number of aromatic amines is 1. The van der Waals surface area contributed by atoms with E-state index in [4.69, 9.17) is 0 Å². The molecule has 0 bridgehead atoms. The van der Waals surface area contributed by atoms with Crippen LogP contribution in [0, 0.1) is 5.92 Å². The summed E-state index contributed by atoms with van der Waals surface area (Å²) in [6, 6.07) is 0. The van der Waals surface area contributed by atoms with Crippen LogP contribution in [0.15, 0.2) is 0 Å². The van der Waals surface area contributed by atoms with Gasteiger partial charge in [-0.3, -0.25) is 0 Å². The Hall–Kier alpha value is -0.970. The summed E-state index contributed by atoms with van der Waals surface area (Å²) in [5, 5.41) is 17.9. The van der Waals surface area contributed by atoms with Crippen LogP contribution in [0.5, 0.6) is 0 Å². The molecule has 2 N–H and O–H groups in total. The number of hydrogen-bond acceptors (Lipinski definition) is 4. The van der Waals surface area contributed by atoms with Crippen LogP contribution in [-0.2, 0) is 5.41 Å². The zero-order chi connectivity index (χ0) is 10.0. The Morgan fingerprint density at radius 3 is 2.50 bits per heavy atom. The first kappa shape index (κ1) is 9.58. The van der Waals surface area contributed by atoms with Crippen LogP contribution >= 0.6 is 0 Å². The van der Waals surface area contributed by atoms with Crippen molar-refractivity contribution in [3.63, 3.8) is 0 Å². The highest BCUT2D eigenvalue weighted by molar-refractivity contribution is 5.09. The highest BCUT2D eigenvalue weighted by Crippen LogP contribution is 2.37. The van der Waals surface area contributed by atoms with Crippen molar-refractivity contribution >= 4 is 0 Å². The molecule has 1 aliphatic heterocycles. The maximum atomic E-state index is 4.16. The first-order chi connectivity index (χ1) is 6.76. The molecule has 5 heteroatoms. The lowest BCUT2D eigenvalue weighted by Gasteiger charge is -2.38. The Labute approximate surface area is 83.7 Å². The molecule has 2 heterocycles. The molecule has 0 aliphatic carbocycles. The fourth-order valence-corrected chi connectivity index (χ4v) is 2.30. The predicted octanol–water partition coefficient (Wildman–Crippen LogP) is 0.477. The number of hydrogen-bond donors (Lipinski definition) is 2. The molecule has 0 amide bonds. The molecule has 0 atom stereocenters. The van der Waals surface area contributed by atoms with Gasteiger partial charge in [-0.1, -0.05) is 19.1 Å². The van der Waals surface area contributed by atoms with Crippen molar-refractivity contribution in [2.75, 3.05) is 13.1 Å². The van der Waals surface area contributed by atoms with Crippen LogP contribution in [-0.4, -0.2) is 33.7 Å². The molecule has 1 fully saturated rings. The molecule has 1 aromatic rings. The standard InChI is InChI=1S/C9H17N5/c1-7(2)9(3-5-10-6-4-9)8-11-13-14-12-8/h7,10H,3-6H2,1-2H3,(H,11,12,13,14). The average Bonchev–Trinajstić information content (AvgIpc) is 2.72. The summed E-state index contributed by atoms with van der Waals surface area (Å²) in [6.07, 6.45) is 2.20. The van der Waals surface area contributed by atoms with Gasteiger partial charge < -0.3 is 5.32 Å². The molecule has 5 nitrogen and oxygen atoms in total. The van der Waals surface area contributed by atoms with Crippen LogP contribution < -0.4 is 5.32 Å². The van der Waals surface area contributed by atoms with Gasteiger partial charge in [0, 0.05) is 5.41 Å². The molecule has 78 valence electrons. The van der Waals surface area contributed by atoms with E-state index in [9.17, 15) is 0 Å². The van der Waals surface area contributed by atoms with E-state index in [-0.39, 0.29) is 5.41 Å². The van der Waals surface area contributed by atoms with E-state index in [1.54, 1.807) is 0 Å². The third kappa shape index (κ3) is 1.41. The van der Waals surface area contributed by atoms with Crippen LogP contribution in [0.4, 0.5) is 0 Å². The maximum Gasteiger partial charge on any atom is 0.181 e. The molecule has 0 saturated carbocycles. The van der Waals surface area contributed by atoms with Gasteiger partial charge in [-0.25, -0.2) is 0 Å². The van der Waals surface area contributed by atoms with Crippen molar-refractivity contribution in [2.24, 2.45) is 5.92 Å². The van der Waals surface area contributed by atoms with Crippen LogP contribution in [0.2, 0.25) is 0 Å². The number of H-pyrrole nitrogens is 1. The van der Waals surface area contributed by atoms with E-state index in [1.807, 2.05) is 0 Å². The van der Waals surface area contributed by atoms with Gasteiger partial charge in [0.15, 0.2) is 5.82 Å². The minimum atomic E-state index is 0.123. The second-order valence-electron chi connectivity index (χ2n) is 4.30. The SMILES string of the molecule is CC(C)C1(c2nn[nH]n2)CCNCC1. The minimum absolute atomic E-state index is 0.123. The molecular weight excluding hydrogens is 178 g/mol. The molecule has 1 saturated heterocycles. The van der Waals surface area contributed by atoms with Gasteiger partial charge in [0.25, 0.3) is 0 Å². The summed E-state index contributed by atoms with van der Waals surface area (Å²) in [5.41, 5.74) is 0.123. The monoisotopic (exact) mass is 195 g/mol. The summed E-state index contributed by atoms with van der Waals surface area (Å²) >= 11 is 0. The molecule has 2 rings (SSSR count). The highest BCUT2D eigenvalue weighted by Gasteiger charge is 2.40. The lowest BCUT2D eigenvalue weighted by atomic mass is 9.70. The second kappa shape index (κ2) is 3.65. The number of piperidine rings is 1. The van der Waals surface area contributed by atoms with Crippen LogP contribution in [0.1, 0.15) is 32.5 Å². The topological polar surface area (TPSA) is 66.5 Å². The molecule has 0 unspecified atom stereocenters. The third-order valence-electron chi connectivity index (χ3n) is 3.39. The molecule has 0 aromatic carbocycles. The van der Waals surface area contributed by atoms with E-state index in [0.29, 0.717) is 5.92 Å². The Bertz CT molecular complexity index is 273. The highest BCUT2D eigenvalue weighted by atomic mass is 15.5. The molecule has 1 aromatic heterocycles. The van der Waals surface area contributed by atoms with E-state index in [2.05, 4.69) is 39.8 Å². The lowest BCUT2D eigenvalue weighted by molar-refractivity contribution is 0.214. The third-order valence-corrected chi connectivity index (χ3v) is 3.39. The van der Waals surface area contributed by atoms with E-state index >= 15 is 0 Å². The Morgan fingerprint density at radius 2 is 2.00 bits per heavy atom. The maximum absolute atomic E-state index is 4.16. The Morgan fingerprint density at radius 1 is 1.29 bits per heavy atom. The van der Waals surface area contributed by atoms with Gasteiger partial charge in [-0.05, 0) is 31.8 Å². The van der Waals surface area contributed by atoms with Crippen molar-refractivity contribution < 1.29 is 0 Å². The fourth-order valence-electron chi connectivity index (χ4n) is 2.30. The van der Waals surface area contributed by atoms with Gasteiger partial charge in [-0.15, -0.1) is 10.2 Å². The van der Waals surface area contributed by atoms with Crippen molar-refractivity contribution in [3.8, 4) is 0 Å². The molecule has 14 heavy (non-hydrogen) atoms. The molecule has 0 radical (unpaired) electrons. The Kier molecular flexibility index (Phi) is 2.50. The average molecular weight is 195 g/mol. The summed E-state index contributed by atoms with van der Waals surface area (Å²) in [4.78, 5) is 0. The summed E-state index contributed by atoms with van der Waals surface area (Å²) in [6.45, 7) is 6.57. The van der Waals surface area contributed by atoms with Gasteiger partial charge in [0.1, 0.15) is 0 Å². The summed E-state index contributed by atoms with van der Waals surface area (Å²) in [7, 11) is 0. The zero-order valence-corrected chi connectivity index (χ0v) is 8.75. The first-order valence-corrected chi connectivity index (χ1v) is 5.20. The lowest BCUT2D eigenvalue weighted by Crippen LogP contribution is -2.44. The van der Waals surface area contributed by atoms with Crippen molar-refractivity contribution in [1.82, 2.24) is 25.9 Å². The number of aromatic nitrogens is 4. The molecular formula is C9H17N5. The van der Waals surface area contributed by atoms with Crippen molar-refractivity contribution in [3.05, 3.63) is 5.82 Å². The quantitative estimate of drug-likeness (QED) is 0.720. The van der Waals surface area contributed by atoms with Crippen molar-refractivity contribution in [1.29, 1.82) is 0 Å². The smallest absolute Gasteiger partial charge is 0.181 e. The fraction of sp³-hybridized carbons (Fsp3) is 0.889. The van der Waals surface area contributed by atoms with E-state index in [0.717, 1.165) is 31.8 Å². The minimum Gasteiger partial charge on any atom is -0.317 e. The van der Waals surface area contributed by atoms with Gasteiger partial charge >= 0.3 is 0 Å². The van der Waals surface area contributed by atoms with Gasteiger partial charge in [0.2, 0.25) is 0 Å². The van der Waals surface area contributed by atoms with Gasteiger partial charge in [-0.2, -0.15) is 5.21 Å². The van der Waals surface area contributed by atoms with Gasteiger partial charge in [0.05, 0.1) is 0 Å². The number of rotatable bonds is 2. The molecule has 1 aliphatic rings. The second-order valence-corrected chi connectivity index (χ2v) is 4.30. The van der Waals surface area contributed by atoms with Crippen LogP contribution in [0.3, 0.4) is 0 Å². The first-order valence-electron chi connectivity index (χ1n) is 5.20. The normalized spacial score (nSPS) is 21.4. The van der Waals surface area contributed by atoms with E-state index < -0.39 is 0 Å². The zero-order valence-electron chi connectivity index (χ0n) is 8.75. The van der Waals surface area contributed by atoms with E-state index in [1.165, 1.54) is 0 Å². The van der Waals surface area contributed by atoms with Crippen LogP contribution in [0.25, 0.3) is 0 Å². The Balaban J connectivity index is 2.30. The summed E-state index contributed by atoms with van der Waals surface area (Å²) < 4.78 is 0. The predicted molar refractivity (Wildman–Crippen MR) is 52.8 cm³/mol. The number of nitrogens with one attached hydrogen (secondary N) is 2. The largest absolute Gasteiger partial charge is 0.317 e.